The van der Waals surface area contributed by atoms with Crippen molar-refractivity contribution in [3.8, 4) is 5.75 Å². The highest BCUT2D eigenvalue weighted by Crippen LogP contribution is 2.27. The van der Waals surface area contributed by atoms with Crippen LogP contribution in [0.2, 0.25) is 5.02 Å². The molecule has 1 amide bonds. The van der Waals surface area contributed by atoms with Gasteiger partial charge < -0.3 is 4.74 Å². The SMILES string of the molecule is C/C(=N/NC(=O)[C@@H](C)Oc1c(C)cc(Cl)cc1C)c1ccc(S(C)(=O)=O)cc1. The number of rotatable bonds is 6. The van der Waals surface area contributed by atoms with Crippen LogP contribution in [0.4, 0.5) is 0 Å². The second-order valence-corrected chi connectivity index (χ2v) is 9.05. The molecule has 2 aromatic carbocycles. The van der Waals surface area contributed by atoms with Gasteiger partial charge in [0.05, 0.1) is 10.6 Å². The molecular formula is C20H23ClN2O4S. The predicted molar refractivity (Wildman–Crippen MR) is 111 cm³/mol. The quantitative estimate of drug-likeness (QED) is 0.568. The van der Waals surface area contributed by atoms with E-state index in [1.807, 2.05) is 13.8 Å². The number of amides is 1. The Bertz CT molecular complexity index is 992. The molecule has 2 rings (SSSR count). The first-order chi connectivity index (χ1) is 13.0. The molecule has 0 aliphatic heterocycles. The minimum atomic E-state index is -3.26. The number of hydrogen-bond acceptors (Lipinski definition) is 5. The van der Waals surface area contributed by atoms with Crippen molar-refractivity contribution in [1.82, 2.24) is 5.43 Å². The van der Waals surface area contributed by atoms with Crippen LogP contribution >= 0.6 is 11.6 Å². The van der Waals surface area contributed by atoms with Crippen LogP contribution in [0, 0.1) is 13.8 Å². The Balaban J connectivity index is 2.06. The van der Waals surface area contributed by atoms with Crippen molar-refractivity contribution >= 4 is 33.1 Å². The Morgan fingerprint density at radius 2 is 1.68 bits per heavy atom. The number of halogens is 1. The predicted octanol–water partition coefficient (Wildman–Crippen LogP) is 3.67. The number of hydrogen-bond donors (Lipinski definition) is 1. The smallest absolute Gasteiger partial charge is 0.280 e. The third-order valence-corrected chi connectivity index (χ3v) is 5.47. The van der Waals surface area contributed by atoms with Crippen molar-refractivity contribution in [2.45, 2.75) is 38.7 Å². The van der Waals surface area contributed by atoms with E-state index in [9.17, 15) is 13.2 Å². The molecule has 0 heterocycles. The van der Waals surface area contributed by atoms with Crippen LogP contribution in [0.1, 0.15) is 30.5 Å². The summed E-state index contributed by atoms with van der Waals surface area (Å²) < 4.78 is 28.8. The molecule has 0 aromatic heterocycles. The largest absolute Gasteiger partial charge is 0.480 e. The Labute approximate surface area is 170 Å². The van der Waals surface area contributed by atoms with E-state index < -0.39 is 21.8 Å². The average molecular weight is 423 g/mol. The summed E-state index contributed by atoms with van der Waals surface area (Å²) in [6.45, 7) is 7.08. The van der Waals surface area contributed by atoms with E-state index in [1.165, 1.54) is 12.1 Å². The van der Waals surface area contributed by atoms with E-state index in [-0.39, 0.29) is 4.90 Å². The maximum absolute atomic E-state index is 12.3. The van der Waals surface area contributed by atoms with Crippen molar-refractivity contribution < 1.29 is 17.9 Å². The maximum Gasteiger partial charge on any atom is 0.280 e. The van der Waals surface area contributed by atoms with Gasteiger partial charge in [0, 0.05) is 11.3 Å². The van der Waals surface area contributed by atoms with Gasteiger partial charge in [0.15, 0.2) is 15.9 Å². The fraction of sp³-hybridized carbons (Fsp3) is 0.300. The Hall–Kier alpha value is -2.38. The van der Waals surface area contributed by atoms with Gasteiger partial charge in [-0.3, -0.25) is 4.79 Å². The zero-order chi connectivity index (χ0) is 21.1. The van der Waals surface area contributed by atoms with Crippen molar-refractivity contribution in [2.75, 3.05) is 6.26 Å². The molecule has 0 aliphatic carbocycles. The zero-order valence-corrected chi connectivity index (χ0v) is 18.0. The minimum absolute atomic E-state index is 0.226. The summed E-state index contributed by atoms with van der Waals surface area (Å²) in [5.41, 5.74) is 5.40. The molecule has 150 valence electrons. The monoisotopic (exact) mass is 422 g/mol. The first kappa shape index (κ1) is 21.9. The van der Waals surface area contributed by atoms with Crippen LogP contribution in [0.5, 0.6) is 5.75 Å². The third kappa shape index (κ3) is 5.56. The summed E-state index contributed by atoms with van der Waals surface area (Å²) in [6.07, 6.45) is 0.386. The molecule has 0 aliphatic rings. The number of ether oxygens (including phenoxy) is 1. The van der Waals surface area contributed by atoms with E-state index in [4.69, 9.17) is 16.3 Å². The lowest BCUT2D eigenvalue weighted by atomic mass is 10.1. The zero-order valence-electron chi connectivity index (χ0n) is 16.4. The van der Waals surface area contributed by atoms with Crippen LogP contribution in [-0.2, 0) is 14.6 Å². The Kier molecular flexibility index (Phi) is 6.85. The Morgan fingerprint density at radius 1 is 1.14 bits per heavy atom. The van der Waals surface area contributed by atoms with Crippen LogP contribution in [0.15, 0.2) is 46.4 Å². The molecule has 1 N–H and O–H groups in total. The number of hydrazone groups is 1. The first-order valence-corrected chi connectivity index (χ1v) is 10.8. The third-order valence-electron chi connectivity index (χ3n) is 4.12. The van der Waals surface area contributed by atoms with E-state index in [2.05, 4.69) is 10.5 Å². The molecule has 2 aromatic rings. The van der Waals surface area contributed by atoms with Gasteiger partial charge in [-0.05, 0) is 68.7 Å². The van der Waals surface area contributed by atoms with Gasteiger partial charge in [0.25, 0.3) is 5.91 Å². The Morgan fingerprint density at radius 3 is 2.18 bits per heavy atom. The molecule has 8 heteroatoms. The van der Waals surface area contributed by atoms with Gasteiger partial charge in [0.1, 0.15) is 5.75 Å². The molecular weight excluding hydrogens is 400 g/mol. The van der Waals surface area contributed by atoms with Crippen molar-refractivity contribution in [3.05, 3.63) is 58.1 Å². The first-order valence-electron chi connectivity index (χ1n) is 8.57. The second kappa shape index (κ2) is 8.75. The maximum atomic E-state index is 12.3. The highest BCUT2D eigenvalue weighted by Gasteiger charge is 2.17. The van der Waals surface area contributed by atoms with E-state index >= 15 is 0 Å². The molecule has 0 bridgehead atoms. The van der Waals surface area contributed by atoms with Gasteiger partial charge in [-0.15, -0.1) is 0 Å². The lowest BCUT2D eigenvalue weighted by Crippen LogP contribution is -2.34. The lowest BCUT2D eigenvalue weighted by molar-refractivity contribution is -0.127. The standard InChI is InChI=1S/C20H23ClN2O4S/c1-12-10-17(21)11-13(2)19(12)27-15(4)20(24)23-22-14(3)16-6-8-18(9-7-16)28(5,25)26/h6-11,15H,1-5H3,(H,23,24)/b22-14-/t15-/m1/s1. The topological polar surface area (TPSA) is 84.8 Å². The molecule has 6 nitrogen and oxygen atoms in total. The van der Waals surface area contributed by atoms with Crippen molar-refractivity contribution in [3.63, 3.8) is 0 Å². The summed E-state index contributed by atoms with van der Waals surface area (Å²) in [6, 6.07) is 9.84. The number of carbonyl (C=O) groups is 1. The van der Waals surface area contributed by atoms with Crippen LogP contribution in [0.3, 0.4) is 0 Å². The van der Waals surface area contributed by atoms with Gasteiger partial charge in [-0.2, -0.15) is 5.10 Å². The van der Waals surface area contributed by atoms with Gasteiger partial charge in [0.2, 0.25) is 0 Å². The van der Waals surface area contributed by atoms with E-state index in [0.29, 0.717) is 22.0 Å². The van der Waals surface area contributed by atoms with Crippen molar-refractivity contribution in [2.24, 2.45) is 5.10 Å². The van der Waals surface area contributed by atoms with Gasteiger partial charge >= 0.3 is 0 Å². The van der Waals surface area contributed by atoms with Crippen molar-refractivity contribution in [1.29, 1.82) is 0 Å². The van der Waals surface area contributed by atoms with Gasteiger partial charge in [-0.25, -0.2) is 13.8 Å². The second-order valence-electron chi connectivity index (χ2n) is 6.60. The fourth-order valence-corrected chi connectivity index (χ4v) is 3.51. The van der Waals surface area contributed by atoms with Crippen LogP contribution in [-0.4, -0.2) is 32.4 Å². The summed E-state index contributed by atoms with van der Waals surface area (Å²) in [4.78, 5) is 12.5. The van der Waals surface area contributed by atoms with E-state index in [1.54, 1.807) is 38.1 Å². The summed E-state index contributed by atoms with van der Waals surface area (Å²) >= 11 is 6.01. The molecule has 28 heavy (non-hydrogen) atoms. The number of nitrogens with one attached hydrogen (secondary N) is 1. The summed E-state index contributed by atoms with van der Waals surface area (Å²) in [5.74, 6) is 0.213. The highest BCUT2D eigenvalue weighted by atomic mass is 35.5. The lowest BCUT2D eigenvalue weighted by Gasteiger charge is -2.17. The number of sulfone groups is 1. The molecule has 0 spiro atoms. The fourth-order valence-electron chi connectivity index (χ4n) is 2.55. The normalized spacial score (nSPS) is 13.1. The molecule has 0 saturated heterocycles. The van der Waals surface area contributed by atoms with E-state index in [0.717, 1.165) is 17.4 Å². The summed E-state index contributed by atoms with van der Waals surface area (Å²) in [5, 5.41) is 4.69. The number of aryl methyl sites for hydroxylation is 2. The highest BCUT2D eigenvalue weighted by molar-refractivity contribution is 7.90. The summed E-state index contributed by atoms with van der Waals surface area (Å²) in [7, 11) is -3.26. The molecule has 0 saturated carbocycles. The van der Waals surface area contributed by atoms with Gasteiger partial charge in [-0.1, -0.05) is 23.7 Å². The number of nitrogens with zero attached hydrogens (tertiary/aromatic N) is 1. The molecule has 0 unspecified atom stereocenters. The molecule has 0 fully saturated rings. The molecule has 1 atom stereocenters. The molecule has 0 radical (unpaired) electrons. The average Bonchev–Trinajstić information content (AvgIpc) is 2.61. The van der Waals surface area contributed by atoms with Crippen LogP contribution in [0.25, 0.3) is 0 Å². The number of benzene rings is 2. The number of carbonyl (C=O) groups excluding carboxylic acids is 1. The minimum Gasteiger partial charge on any atom is -0.480 e. The van der Waals surface area contributed by atoms with Crippen LogP contribution < -0.4 is 10.2 Å².